The van der Waals surface area contributed by atoms with Crippen molar-refractivity contribution in [2.75, 3.05) is 46.2 Å². The van der Waals surface area contributed by atoms with Gasteiger partial charge in [-0.05, 0) is 26.7 Å². The monoisotopic (exact) mass is 445 g/mol. The van der Waals surface area contributed by atoms with E-state index in [0.29, 0.717) is 6.54 Å². The number of guanidine groups is 1. The first kappa shape index (κ1) is 20.0. The minimum absolute atomic E-state index is 0. The van der Waals surface area contributed by atoms with Crippen LogP contribution in [-0.2, 0) is 14.6 Å². The zero-order chi connectivity index (χ0) is 15.7. The summed E-state index contributed by atoms with van der Waals surface area (Å²) in [6.45, 7) is 7.39. The van der Waals surface area contributed by atoms with E-state index in [4.69, 9.17) is 4.74 Å². The molecule has 1 atom stereocenters. The Hall–Kier alpha value is -0.0900. The molecule has 0 aromatic heterocycles. The fourth-order valence-electron chi connectivity index (χ4n) is 2.84. The molecular formula is C14H28IN3O3S. The van der Waals surface area contributed by atoms with Crippen LogP contribution in [0.2, 0.25) is 0 Å². The average Bonchev–Trinajstić information content (AvgIpc) is 3.00. The molecule has 0 amide bonds. The number of ether oxygens (including phenoxy) is 1. The second-order valence-corrected chi connectivity index (χ2v) is 9.56. The first-order valence-corrected chi connectivity index (χ1v) is 9.31. The van der Waals surface area contributed by atoms with Crippen molar-refractivity contribution in [3.8, 4) is 0 Å². The van der Waals surface area contributed by atoms with Crippen molar-refractivity contribution in [2.45, 2.75) is 31.4 Å². The molecule has 0 radical (unpaired) electrons. The van der Waals surface area contributed by atoms with Crippen LogP contribution < -0.4 is 5.32 Å². The van der Waals surface area contributed by atoms with Crippen molar-refractivity contribution in [3.63, 3.8) is 0 Å². The van der Waals surface area contributed by atoms with Crippen molar-refractivity contribution in [1.82, 2.24) is 10.2 Å². The minimum atomic E-state index is -3.11. The fourth-order valence-corrected chi connectivity index (χ4v) is 3.18. The molecule has 2 aliphatic rings. The Bertz CT molecular complexity index is 513. The van der Waals surface area contributed by atoms with Crippen LogP contribution in [-0.4, -0.2) is 70.2 Å². The third kappa shape index (κ3) is 4.25. The van der Waals surface area contributed by atoms with Gasteiger partial charge in [0.15, 0.2) is 15.8 Å². The van der Waals surface area contributed by atoms with Gasteiger partial charge in [0.05, 0.1) is 11.4 Å². The van der Waals surface area contributed by atoms with E-state index in [0.717, 1.165) is 45.1 Å². The molecule has 2 heterocycles. The van der Waals surface area contributed by atoms with E-state index in [9.17, 15) is 8.42 Å². The van der Waals surface area contributed by atoms with Crippen molar-refractivity contribution in [2.24, 2.45) is 10.4 Å². The highest BCUT2D eigenvalue weighted by atomic mass is 127. The number of nitrogens with zero attached hydrogens (tertiary/aromatic N) is 2. The van der Waals surface area contributed by atoms with Crippen LogP contribution in [0, 0.1) is 5.41 Å². The maximum absolute atomic E-state index is 11.8. The smallest absolute Gasteiger partial charge is 0.193 e. The number of likely N-dealkylation sites (tertiary alicyclic amines) is 1. The summed E-state index contributed by atoms with van der Waals surface area (Å²) in [7, 11) is -1.37. The summed E-state index contributed by atoms with van der Waals surface area (Å²) in [5.74, 6) is 0.788. The summed E-state index contributed by atoms with van der Waals surface area (Å²) in [4.78, 5) is 6.52. The number of aliphatic imine (C=N–C) groups is 1. The molecule has 130 valence electrons. The molecule has 0 aromatic carbocycles. The summed E-state index contributed by atoms with van der Waals surface area (Å²) >= 11 is 0. The van der Waals surface area contributed by atoms with Crippen LogP contribution in [0.4, 0.5) is 0 Å². The topological polar surface area (TPSA) is 71.0 Å². The van der Waals surface area contributed by atoms with Gasteiger partial charge in [0.25, 0.3) is 0 Å². The molecule has 6 nitrogen and oxygen atoms in total. The largest absolute Gasteiger partial charge is 0.381 e. The van der Waals surface area contributed by atoms with E-state index in [1.54, 1.807) is 20.9 Å². The molecule has 0 aliphatic carbocycles. The predicted octanol–water partition coefficient (Wildman–Crippen LogP) is 1.12. The van der Waals surface area contributed by atoms with Gasteiger partial charge in [0, 0.05) is 45.0 Å². The number of rotatable bonds is 3. The molecule has 0 aromatic rings. The highest BCUT2D eigenvalue weighted by Crippen LogP contribution is 2.38. The van der Waals surface area contributed by atoms with E-state index < -0.39 is 14.6 Å². The van der Waals surface area contributed by atoms with Crippen LogP contribution in [0.1, 0.15) is 26.7 Å². The Morgan fingerprint density at radius 2 is 2.09 bits per heavy atom. The van der Waals surface area contributed by atoms with E-state index in [2.05, 4.69) is 15.2 Å². The molecule has 1 N–H and O–H groups in total. The first-order chi connectivity index (χ1) is 9.69. The predicted molar refractivity (Wildman–Crippen MR) is 99.8 cm³/mol. The molecule has 0 saturated carbocycles. The lowest BCUT2D eigenvalue weighted by molar-refractivity contribution is 0.156. The van der Waals surface area contributed by atoms with Gasteiger partial charge >= 0.3 is 0 Å². The van der Waals surface area contributed by atoms with Crippen molar-refractivity contribution in [3.05, 3.63) is 0 Å². The molecule has 2 fully saturated rings. The zero-order valence-corrected chi connectivity index (χ0v) is 17.0. The van der Waals surface area contributed by atoms with Gasteiger partial charge in [0.1, 0.15) is 0 Å². The lowest BCUT2D eigenvalue weighted by atomic mass is 9.87. The van der Waals surface area contributed by atoms with E-state index in [1.807, 2.05) is 0 Å². The van der Waals surface area contributed by atoms with E-state index in [1.165, 1.54) is 6.26 Å². The third-order valence-corrected chi connectivity index (χ3v) is 6.96. The van der Waals surface area contributed by atoms with Crippen LogP contribution in [0.3, 0.4) is 0 Å². The Labute approximate surface area is 151 Å². The molecular weight excluding hydrogens is 417 g/mol. The Morgan fingerprint density at radius 1 is 1.41 bits per heavy atom. The highest BCUT2D eigenvalue weighted by Gasteiger charge is 2.42. The van der Waals surface area contributed by atoms with Gasteiger partial charge in [0.2, 0.25) is 0 Å². The molecule has 1 spiro atoms. The van der Waals surface area contributed by atoms with Crippen molar-refractivity contribution >= 4 is 39.8 Å². The molecule has 8 heteroatoms. The summed E-state index contributed by atoms with van der Waals surface area (Å²) < 4.78 is 28.3. The SMILES string of the molecule is CN=C(NCC(C)(C)S(C)(=O)=O)N1CCC2(CCOC2)C1.I. The van der Waals surface area contributed by atoms with Crippen LogP contribution >= 0.6 is 24.0 Å². The summed E-state index contributed by atoms with van der Waals surface area (Å²) in [5.41, 5.74) is 0.268. The van der Waals surface area contributed by atoms with Crippen molar-refractivity contribution in [1.29, 1.82) is 0 Å². The molecule has 2 rings (SSSR count). The normalized spacial score (nSPS) is 26.4. The van der Waals surface area contributed by atoms with Gasteiger partial charge < -0.3 is 15.0 Å². The van der Waals surface area contributed by atoms with Gasteiger partial charge in [-0.2, -0.15) is 0 Å². The lowest BCUT2D eigenvalue weighted by Gasteiger charge is -2.28. The van der Waals surface area contributed by atoms with Gasteiger partial charge in [-0.3, -0.25) is 4.99 Å². The van der Waals surface area contributed by atoms with Crippen LogP contribution in [0.5, 0.6) is 0 Å². The molecule has 22 heavy (non-hydrogen) atoms. The summed E-state index contributed by atoms with van der Waals surface area (Å²) in [5, 5.41) is 3.22. The molecule has 2 saturated heterocycles. The fraction of sp³-hybridized carbons (Fsp3) is 0.929. The first-order valence-electron chi connectivity index (χ1n) is 7.42. The average molecular weight is 445 g/mol. The second-order valence-electron chi connectivity index (χ2n) is 6.91. The standard InChI is InChI=1S/C14H27N3O3S.HI/c1-13(2,21(4,18)19)9-16-12(15-3)17-7-5-14(10-17)6-8-20-11-14;/h5-11H2,1-4H3,(H,15,16);1H. The second kappa shape index (κ2) is 7.21. The lowest BCUT2D eigenvalue weighted by Crippen LogP contribution is -2.49. The number of hydrogen-bond acceptors (Lipinski definition) is 4. The van der Waals surface area contributed by atoms with Crippen LogP contribution in [0.15, 0.2) is 4.99 Å². The quantitative estimate of drug-likeness (QED) is 0.401. The highest BCUT2D eigenvalue weighted by molar-refractivity contribution is 14.0. The third-order valence-electron chi connectivity index (χ3n) is 4.81. The number of sulfone groups is 1. The Morgan fingerprint density at radius 3 is 2.59 bits per heavy atom. The Balaban J connectivity index is 0.00000242. The number of nitrogens with one attached hydrogen (secondary N) is 1. The van der Waals surface area contributed by atoms with Gasteiger partial charge in [-0.15, -0.1) is 24.0 Å². The Kier molecular flexibility index (Phi) is 6.54. The maximum atomic E-state index is 11.8. The summed E-state index contributed by atoms with van der Waals surface area (Å²) in [6.07, 6.45) is 3.50. The number of hydrogen-bond donors (Lipinski definition) is 1. The molecule has 2 aliphatic heterocycles. The van der Waals surface area contributed by atoms with Gasteiger partial charge in [-0.25, -0.2) is 8.42 Å². The van der Waals surface area contributed by atoms with Crippen molar-refractivity contribution < 1.29 is 13.2 Å². The molecule has 0 bridgehead atoms. The summed E-state index contributed by atoms with van der Waals surface area (Å²) in [6, 6.07) is 0. The minimum Gasteiger partial charge on any atom is -0.381 e. The van der Waals surface area contributed by atoms with E-state index >= 15 is 0 Å². The zero-order valence-electron chi connectivity index (χ0n) is 13.9. The maximum Gasteiger partial charge on any atom is 0.193 e. The van der Waals surface area contributed by atoms with Crippen LogP contribution in [0.25, 0.3) is 0 Å². The number of halogens is 1. The van der Waals surface area contributed by atoms with Gasteiger partial charge in [-0.1, -0.05) is 0 Å². The van der Waals surface area contributed by atoms with E-state index in [-0.39, 0.29) is 29.4 Å². The molecule has 1 unspecified atom stereocenters.